The fourth-order valence-electron chi connectivity index (χ4n) is 8.08. The van der Waals surface area contributed by atoms with Crippen LogP contribution in [0, 0.1) is 24.2 Å². The topological polar surface area (TPSA) is 132 Å². The standard InChI is InChI=1S/C39H48F3N3O7S/c1-6-8-9-10-11-12-24(3)34(47)45-23-37(16-15-28-29-19-27(51-39(40,41)42)13-14-30(29)43-25(4)33(28)52-37)21-31(45)32(46)22-38(20-26(38)7-2)35(48)44-53(49,50)36(5)17-18-36/h6-7,13-14,19,24,26,31H,1-2,8-12,15-18,20-23H2,3-5H3,(H,44,48)/t24-,26+,31-,37+,38+/m0/s1. The first-order chi connectivity index (χ1) is 24.9. The van der Waals surface area contributed by atoms with E-state index < -0.39 is 55.9 Å². The molecule has 288 valence electrons. The number of pyridine rings is 1. The molecule has 1 saturated heterocycles. The van der Waals surface area contributed by atoms with Crippen LogP contribution in [0.2, 0.25) is 0 Å². The number of unbranched alkanes of at least 4 members (excludes halogenated alkanes) is 3. The van der Waals surface area contributed by atoms with Gasteiger partial charge in [0.25, 0.3) is 0 Å². The highest BCUT2D eigenvalue weighted by Crippen LogP contribution is 2.58. The Kier molecular flexibility index (Phi) is 10.3. The number of ether oxygens (including phenoxy) is 2. The van der Waals surface area contributed by atoms with Gasteiger partial charge in [-0.15, -0.1) is 26.3 Å². The zero-order chi connectivity index (χ0) is 38.6. The number of halogens is 3. The van der Waals surface area contributed by atoms with E-state index in [9.17, 15) is 36.0 Å². The van der Waals surface area contributed by atoms with Crippen molar-refractivity contribution in [1.82, 2.24) is 14.6 Å². The van der Waals surface area contributed by atoms with E-state index in [2.05, 4.69) is 27.6 Å². The van der Waals surface area contributed by atoms with Crippen LogP contribution in [0.5, 0.6) is 11.5 Å². The van der Waals surface area contributed by atoms with Gasteiger partial charge in [-0.05, 0) is 89.3 Å². The van der Waals surface area contributed by atoms with Gasteiger partial charge in [0.15, 0.2) is 5.78 Å². The summed E-state index contributed by atoms with van der Waals surface area (Å²) < 4.78 is 77.3. The fourth-order valence-corrected chi connectivity index (χ4v) is 9.41. The summed E-state index contributed by atoms with van der Waals surface area (Å²) in [6.45, 7) is 12.8. The molecule has 1 aromatic carbocycles. The zero-order valence-electron chi connectivity index (χ0n) is 30.5. The first-order valence-corrected chi connectivity index (χ1v) is 19.9. The first kappa shape index (κ1) is 38.8. The van der Waals surface area contributed by atoms with Crippen LogP contribution in [0.25, 0.3) is 10.9 Å². The molecule has 2 aromatic rings. The molecule has 0 radical (unpaired) electrons. The van der Waals surface area contributed by atoms with Crippen molar-refractivity contribution in [3.8, 4) is 11.5 Å². The number of likely N-dealkylation sites (tertiary alicyclic amines) is 1. The first-order valence-electron chi connectivity index (χ1n) is 18.4. The molecule has 3 heterocycles. The Morgan fingerprint density at radius 3 is 2.53 bits per heavy atom. The number of amides is 2. The van der Waals surface area contributed by atoms with Crippen molar-refractivity contribution in [3.05, 3.63) is 54.8 Å². The molecule has 4 aliphatic rings. The van der Waals surface area contributed by atoms with E-state index in [-0.39, 0.29) is 43.2 Å². The summed E-state index contributed by atoms with van der Waals surface area (Å²) in [7, 11) is -3.95. The number of nitrogens with zero attached hydrogens (tertiary/aromatic N) is 2. The smallest absolute Gasteiger partial charge is 0.483 e. The zero-order valence-corrected chi connectivity index (χ0v) is 31.3. The molecule has 3 fully saturated rings. The monoisotopic (exact) mass is 759 g/mol. The van der Waals surface area contributed by atoms with Crippen molar-refractivity contribution < 1.29 is 45.4 Å². The third-order valence-electron chi connectivity index (χ3n) is 11.8. The number of carbonyl (C=O) groups excluding carboxylic acids is 3. The number of Topliss-reactive ketones (excluding diaryl/α,β-unsaturated/α-hetero) is 1. The van der Waals surface area contributed by atoms with E-state index in [0.29, 0.717) is 60.0 Å². The van der Waals surface area contributed by atoms with Gasteiger partial charge in [-0.25, -0.2) is 13.4 Å². The lowest BCUT2D eigenvalue weighted by Crippen LogP contribution is -2.47. The van der Waals surface area contributed by atoms with Gasteiger partial charge in [0.2, 0.25) is 21.8 Å². The molecule has 53 heavy (non-hydrogen) atoms. The van der Waals surface area contributed by atoms with Crippen LogP contribution < -0.4 is 14.2 Å². The van der Waals surface area contributed by atoms with E-state index >= 15 is 0 Å². The Labute approximate surface area is 308 Å². The molecule has 5 atom stereocenters. The lowest BCUT2D eigenvalue weighted by molar-refractivity contribution is -0.274. The Balaban J connectivity index is 1.28. The van der Waals surface area contributed by atoms with Crippen LogP contribution in [0.4, 0.5) is 13.2 Å². The minimum Gasteiger partial charge on any atom is -0.483 e. The summed E-state index contributed by atoms with van der Waals surface area (Å²) in [6.07, 6.45) is 4.50. The number of alkyl halides is 3. The maximum Gasteiger partial charge on any atom is 0.573 e. The molecule has 0 unspecified atom stereocenters. The van der Waals surface area contributed by atoms with Crippen molar-refractivity contribution in [2.24, 2.45) is 17.3 Å². The lowest BCUT2D eigenvalue weighted by atomic mass is 9.85. The number of benzene rings is 1. The Morgan fingerprint density at radius 1 is 1.15 bits per heavy atom. The molecule has 14 heteroatoms. The number of nitrogens with one attached hydrogen (secondary N) is 1. The number of carbonyl (C=O) groups is 3. The summed E-state index contributed by atoms with van der Waals surface area (Å²) in [6, 6.07) is 3.03. The van der Waals surface area contributed by atoms with E-state index in [4.69, 9.17) is 4.74 Å². The number of hydrogen-bond acceptors (Lipinski definition) is 8. The van der Waals surface area contributed by atoms with E-state index in [1.807, 2.05) is 13.0 Å². The van der Waals surface area contributed by atoms with E-state index in [0.717, 1.165) is 25.7 Å². The highest BCUT2D eigenvalue weighted by Gasteiger charge is 2.63. The van der Waals surface area contributed by atoms with Crippen LogP contribution in [0.15, 0.2) is 43.5 Å². The summed E-state index contributed by atoms with van der Waals surface area (Å²) >= 11 is 0. The van der Waals surface area contributed by atoms with Gasteiger partial charge in [0.1, 0.15) is 17.1 Å². The Morgan fingerprint density at radius 2 is 1.89 bits per heavy atom. The number of aryl methyl sites for hydroxylation is 2. The quantitative estimate of drug-likeness (QED) is 0.151. The van der Waals surface area contributed by atoms with Gasteiger partial charge in [-0.3, -0.25) is 19.1 Å². The molecule has 2 saturated carbocycles. The number of rotatable bonds is 15. The Hall–Kier alpha value is -3.94. The van der Waals surface area contributed by atoms with Crippen molar-refractivity contribution in [3.63, 3.8) is 0 Å². The number of fused-ring (bicyclic) bond motifs is 3. The highest BCUT2D eigenvalue weighted by molar-refractivity contribution is 7.91. The number of hydrogen-bond donors (Lipinski definition) is 1. The number of aromatic nitrogens is 1. The van der Waals surface area contributed by atoms with Crippen molar-refractivity contribution in [2.45, 2.75) is 121 Å². The minimum absolute atomic E-state index is 0.0913. The van der Waals surface area contributed by atoms with Crippen LogP contribution in [-0.2, 0) is 30.8 Å². The van der Waals surface area contributed by atoms with Crippen LogP contribution >= 0.6 is 0 Å². The van der Waals surface area contributed by atoms with Gasteiger partial charge in [0.05, 0.1) is 34.0 Å². The van der Waals surface area contributed by atoms with Gasteiger partial charge >= 0.3 is 6.36 Å². The molecular formula is C39H48F3N3O7S. The van der Waals surface area contributed by atoms with Gasteiger partial charge in [-0.1, -0.05) is 31.9 Å². The molecule has 2 aliphatic heterocycles. The van der Waals surface area contributed by atoms with Crippen LogP contribution in [-0.4, -0.2) is 65.2 Å². The predicted octanol–water partition coefficient (Wildman–Crippen LogP) is 7.03. The third kappa shape index (κ3) is 7.70. The van der Waals surface area contributed by atoms with Crippen molar-refractivity contribution in [1.29, 1.82) is 0 Å². The van der Waals surface area contributed by atoms with Crippen LogP contribution in [0.1, 0.15) is 95.7 Å². The molecule has 10 nitrogen and oxygen atoms in total. The second kappa shape index (κ2) is 14.0. The lowest BCUT2D eigenvalue weighted by Gasteiger charge is -2.36. The van der Waals surface area contributed by atoms with Crippen LogP contribution in [0.3, 0.4) is 0 Å². The second-order valence-electron chi connectivity index (χ2n) is 15.8. The molecular weight excluding hydrogens is 712 g/mol. The second-order valence-corrected chi connectivity index (χ2v) is 18.0. The molecule has 0 bridgehead atoms. The maximum atomic E-state index is 14.4. The van der Waals surface area contributed by atoms with Gasteiger partial charge < -0.3 is 14.4 Å². The normalized spacial score (nSPS) is 26.3. The minimum atomic E-state index is -4.87. The SMILES string of the molecule is C=CCCCCC[C@H](C)C(=O)N1C[C@@]2(CCc3c(c(C)nc4ccc(OC(F)(F)F)cc34)O2)C[C@H]1C(=O)C[C@]1(C(=O)NS(=O)(=O)C2(C)CC2)C[C@H]1C=C. The van der Waals surface area contributed by atoms with Crippen molar-refractivity contribution in [2.75, 3.05) is 6.54 Å². The van der Waals surface area contributed by atoms with Gasteiger partial charge in [0, 0.05) is 29.7 Å². The number of sulfonamides is 1. The predicted molar refractivity (Wildman–Crippen MR) is 192 cm³/mol. The largest absolute Gasteiger partial charge is 0.573 e. The molecule has 1 N–H and O–H groups in total. The molecule has 1 spiro atoms. The molecule has 6 rings (SSSR count). The summed E-state index contributed by atoms with van der Waals surface area (Å²) in [5, 5.41) is 0.456. The van der Waals surface area contributed by atoms with E-state index in [1.54, 1.807) is 24.8 Å². The number of allylic oxidation sites excluding steroid dienone is 2. The highest BCUT2D eigenvalue weighted by atomic mass is 32.2. The summed E-state index contributed by atoms with van der Waals surface area (Å²) in [5.41, 5.74) is -0.637. The third-order valence-corrected chi connectivity index (χ3v) is 13.9. The number of ketones is 1. The molecule has 2 amide bonds. The average Bonchev–Trinajstić information content (AvgIpc) is 3.99. The summed E-state index contributed by atoms with van der Waals surface area (Å²) in [5.74, 6) is -2.09. The van der Waals surface area contributed by atoms with E-state index in [1.165, 1.54) is 18.2 Å². The fraction of sp³-hybridized carbons (Fsp3) is 0.590. The molecule has 2 aliphatic carbocycles. The maximum absolute atomic E-state index is 14.4. The molecule has 1 aromatic heterocycles. The Bertz CT molecular complexity index is 1950. The van der Waals surface area contributed by atoms with Crippen molar-refractivity contribution >= 4 is 38.5 Å². The van der Waals surface area contributed by atoms with Gasteiger partial charge in [-0.2, -0.15) is 0 Å². The average molecular weight is 760 g/mol. The summed E-state index contributed by atoms with van der Waals surface area (Å²) in [4.78, 5) is 48.4.